The van der Waals surface area contributed by atoms with Gasteiger partial charge in [0.1, 0.15) is 0 Å². The highest BCUT2D eigenvalue weighted by Crippen LogP contribution is 2.40. The summed E-state index contributed by atoms with van der Waals surface area (Å²) < 4.78 is 0. The number of non-ortho nitro benzene ring substituents is 1. The van der Waals surface area contributed by atoms with E-state index in [-0.39, 0.29) is 16.9 Å². The van der Waals surface area contributed by atoms with Crippen LogP contribution in [0.15, 0.2) is 18.2 Å². The third-order valence-electron chi connectivity index (χ3n) is 2.85. The van der Waals surface area contributed by atoms with Gasteiger partial charge in [-0.1, -0.05) is 0 Å². The molecule has 1 aromatic carbocycles. The average molecular weight is 266 g/mol. The molecule has 0 aliphatic carbocycles. The van der Waals surface area contributed by atoms with Gasteiger partial charge in [-0.2, -0.15) is 0 Å². The number of hydrogen-bond acceptors (Lipinski definition) is 5. The lowest BCUT2D eigenvalue weighted by atomic mass is 9.81. The molecule has 0 radical (unpaired) electrons. The number of nitro groups is 1. The van der Waals surface area contributed by atoms with Gasteiger partial charge in [-0.15, -0.1) is 0 Å². The van der Waals surface area contributed by atoms with Gasteiger partial charge in [0.05, 0.1) is 10.6 Å². The van der Waals surface area contributed by atoms with Crippen molar-refractivity contribution in [2.24, 2.45) is 0 Å². The van der Waals surface area contributed by atoms with Crippen LogP contribution in [0.5, 0.6) is 0 Å². The molecule has 0 saturated carbocycles. The number of anilines is 1. The van der Waals surface area contributed by atoms with Gasteiger partial charge in [0.25, 0.3) is 17.0 Å². The van der Waals surface area contributed by atoms with Gasteiger partial charge >= 0.3 is 11.9 Å². The van der Waals surface area contributed by atoms with E-state index in [9.17, 15) is 24.5 Å². The van der Waals surface area contributed by atoms with E-state index in [1.165, 1.54) is 0 Å². The fourth-order valence-electron chi connectivity index (χ4n) is 1.93. The van der Waals surface area contributed by atoms with Crippen LogP contribution in [0.2, 0.25) is 0 Å². The minimum absolute atomic E-state index is 0.191. The number of fused-ring (bicyclic) bond motifs is 1. The van der Waals surface area contributed by atoms with Gasteiger partial charge in [-0.3, -0.25) is 24.5 Å². The number of carboxylic acids is 2. The molecule has 98 valence electrons. The molecule has 1 amide bonds. The Balaban J connectivity index is 2.72. The molecule has 0 bridgehead atoms. The van der Waals surface area contributed by atoms with Gasteiger partial charge in [0, 0.05) is 17.7 Å². The number of nitro benzene ring substituents is 1. The second-order valence-corrected chi connectivity index (χ2v) is 3.80. The van der Waals surface area contributed by atoms with Crippen molar-refractivity contribution in [3.63, 3.8) is 0 Å². The standard InChI is InChI=1S/C10H6N2O7/c13-7-10(8(14)15,9(16)17)5-2-1-4(12(18)19)3-6(5)11-7/h1-3H,(H,11,13)(H,14,15)(H,16,17). The summed E-state index contributed by atoms with van der Waals surface area (Å²) in [6.07, 6.45) is 0. The van der Waals surface area contributed by atoms with Crippen LogP contribution < -0.4 is 5.32 Å². The molecule has 0 unspecified atom stereocenters. The van der Waals surface area contributed by atoms with Crippen molar-refractivity contribution in [1.29, 1.82) is 0 Å². The number of carboxylic acid groups (broad SMARTS) is 2. The highest BCUT2D eigenvalue weighted by molar-refractivity contribution is 6.31. The van der Waals surface area contributed by atoms with Crippen LogP contribution in [0.1, 0.15) is 5.56 Å². The lowest BCUT2D eigenvalue weighted by molar-refractivity contribution is -0.384. The molecule has 9 heteroatoms. The van der Waals surface area contributed by atoms with Crippen molar-refractivity contribution in [2.45, 2.75) is 5.41 Å². The summed E-state index contributed by atoms with van der Waals surface area (Å²) in [5.41, 5.74) is -3.68. The molecule has 2 rings (SSSR count). The molecule has 0 spiro atoms. The van der Waals surface area contributed by atoms with Crippen molar-refractivity contribution >= 4 is 29.2 Å². The lowest BCUT2D eigenvalue weighted by Gasteiger charge is -2.16. The number of carbonyl (C=O) groups excluding carboxylic acids is 1. The number of aliphatic carboxylic acids is 2. The van der Waals surface area contributed by atoms with E-state index in [2.05, 4.69) is 0 Å². The van der Waals surface area contributed by atoms with E-state index in [1.807, 2.05) is 5.32 Å². The van der Waals surface area contributed by atoms with Gasteiger partial charge < -0.3 is 15.5 Å². The molecule has 19 heavy (non-hydrogen) atoms. The van der Waals surface area contributed by atoms with Gasteiger partial charge in [0.15, 0.2) is 0 Å². The van der Waals surface area contributed by atoms with Gasteiger partial charge in [-0.05, 0) is 6.07 Å². The van der Waals surface area contributed by atoms with Crippen LogP contribution in [-0.4, -0.2) is 33.0 Å². The maximum Gasteiger partial charge on any atom is 0.335 e. The Morgan fingerprint density at radius 2 is 1.84 bits per heavy atom. The Morgan fingerprint density at radius 1 is 1.26 bits per heavy atom. The monoisotopic (exact) mass is 266 g/mol. The van der Waals surface area contributed by atoms with Gasteiger partial charge in [0.2, 0.25) is 0 Å². The summed E-state index contributed by atoms with van der Waals surface area (Å²) in [4.78, 5) is 43.9. The lowest BCUT2D eigenvalue weighted by Crippen LogP contribution is -2.49. The molecule has 0 atom stereocenters. The maximum absolute atomic E-state index is 11.7. The largest absolute Gasteiger partial charge is 0.480 e. The zero-order chi connectivity index (χ0) is 14.4. The minimum Gasteiger partial charge on any atom is -0.480 e. The molecule has 1 aliphatic heterocycles. The zero-order valence-corrected chi connectivity index (χ0v) is 9.11. The van der Waals surface area contributed by atoms with Crippen LogP contribution in [0, 0.1) is 10.1 Å². The minimum atomic E-state index is -2.77. The predicted octanol–water partition coefficient (Wildman–Crippen LogP) is -0.0461. The highest BCUT2D eigenvalue weighted by atomic mass is 16.6. The number of nitrogens with zero attached hydrogens (tertiary/aromatic N) is 1. The van der Waals surface area contributed by atoms with E-state index in [1.54, 1.807) is 0 Å². The first kappa shape index (κ1) is 12.5. The van der Waals surface area contributed by atoms with Crippen molar-refractivity contribution in [1.82, 2.24) is 0 Å². The van der Waals surface area contributed by atoms with Crippen molar-refractivity contribution < 1.29 is 29.5 Å². The maximum atomic E-state index is 11.7. The van der Waals surface area contributed by atoms with Crippen molar-refractivity contribution in [2.75, 3.05) is 5.32 Å². The topological polar surface area (TPSA) is 147 Å². The summed E-state index contributed by atoms with van der Waals surface area (Å²) in [6, 6.07) is 2.81. The smallest absolute Gasteiger partial charge is 0.335 e. The Hall–Kier alpha value is -2.97. The SMILES string of the molecule is O=C(O)C1(C(=O)O)C(=O)Nc2cc([N+](=O)[O-])ccc21. The molecular formula is C10H6N2O7. The number of rotatable bonds is 3. The molecule has 0 fully saturated rings. The zero-order valence-electron chi connectivity index (χ0n) is 9.11. The van der Waals surface area contributed by atoms with Crippen LogP contribution >= 0.6 is 0 Å². The molecule has 9 nitrogen and oxygen atoms in total. The summed E-state index contributed by atoms with van der Waals surface area (Å²) >= 11 is 0. The molecule has 3 N–H and O–H groups in total. The fourth-order valence-corrected chi connectivity index (χ4v) is 1.93. The van der Waals surface area contributed by atoms with E-state index in [0.717, 1.165) is 18.2 Å². The predicted molar refractivity (Wildman–Crippen MR) is 58.7 cm³/mol. The van der Waals surface area contributed by atoms with E-state index >= 15 is 0 Å². The average Bonchev–Trinajstić information content (AvgIpc) is 2.60. The summed E-state index contributed by atoms with van der Waals surface area (Å²) in [6.45, 7) is 0. The number of benzene rings is 1. The fraction of sp³-hybridized carbons (Fsp3) is 0.100. The Labute approximate surface area is 104 Å². The Kier molecular flexibility index (Phi) is 2.47. The van der Waals surface area contributed by atoms with Crippen LogP contribution in [-0.2, 0) is 19.8 Å². The normalized spacial score (nSPS) is 15.5. The number of hydrogen-bond donors (Lipinski definition) is 3. The summed E-state index contributed by atoms with van der Waals surface area (Å²) in [5, 5.41) is 30.7. The van der Waals surface area contributed by atoms with Crippen LogP contribution in [0.25, 0.3) is 0 Å². The Morgan fingerprint density at radius 3 is 2.32 bits per heavy atom. The second-order valence-electron chi connectivity index (χ2n) is 3.80. The van der Waals surface area contributed by atoms with Crippen molar-refractivity contribution in [3.8, 4) is 0 Å². The third-order valence-corrected chi connectivity index (χ3v) is 2.85. The second kappa shape index (κ2) is 3.77. The van der Waals surface area contributed by atoms with E-state index < -0.39 is 28.2 Å². The van der Waals surface area contributed by atoms with Crippen LogP contribution in [0.4, 0.5) is 11.4 Å². The van der Waals surface area contributed by atoms with Crippen LogP contribution in [0.3, 0.4) is 0 Å². The summed E-state index contributed by atoms with van der Waals surface area (Å²) in [5.74, 6) is -4.97. The first-order chi connectivity index (χ1) is 8.81. The molecule has 1 heterocycles. The third kappa shape index (κ3) is 1.44. The molecule has 0 saturated heterocycles. The number of amides is 1. The molecule has 0 aromatic heterocycles. The number of nitrogens with one attached hydrogen (secondary N) is 1. The molecule has 1 aliphatic rings. The van der Waals surface area contributed by atoms with Crippen molar-refractivity contribution in [3.05, 3.63) is 33.9 Å². The Bertz CT molecular complexity index is 623. The number of carbonyl (C=O) groups is 3. The first-order valence-corrected chi connectivity index (χ1v) is 4.89. The van der Waals surface area contributed by atoms with E-state index in [0.29, 0.717) is 0 Å². The van der Waals surface area contributed by atoms with E-state index in [4.69, 9.17) is 10.2 Å². The highest BCUT2D eigenvalue weighted by Gasteiger charge is 2.60. The summed E-state index contributed by atoms with van der Waals surface area (Å²) in [7, 11) is 0. The quantitative estimate of drug-likeness (QED) is 0.394. The molecular weight excluding hydrogens is 260 g/mol. The van der Waals surface area contributed by atoms with Gasteiger partial charge in [-0.25, -0.2) is 0 Å². The first-order valence-electron chi connectivity index (χ1n) is 4.89. The molecule has 1 aromatic rings.